The van der Waals surface area contributed by atoms with Crippen LogP contribution in [0, 0.1) is 13.5 Å². The number of rotatable bonds is 2. The zero-order chi connectivity index (χ0) is 10.8. The molecule has 5 heteroatoms. The first-order valence-electron chi connectivity index (χ1n) is 3.91. The Bertz CT molecular complexity index is 457. The maximum Gasteiger partial charge on any atom is 0.378 e. The SMILES string of the molecule is [C-]#[N+]C(N)S(=O)(=O)c1ccc(C)cc1. The second-order valence-corrected chi connectivity index (χ2v) is 4.92. The zero-order valence-electron chi connectivity index (χ0n) is 7.64. The molecular weight excluding hydrogens is 200 g/mol. The van der Waals surface area contributed by atoms with Crippen LogP contribution in [0.3, 0.4) is 0 Å². The molecule has 2 N–H and O–H groups in total. The molecule has 0 aliphatic heterocycles. The fourth-order valence-electron chi connectivity index (χ4n) is 0.937. The Balaban J connectivity index is 3.19. The van der Waals surface area contributed by atoms with Crippen molar-refractivity contribution in [3.8, 4) is 0 Å². The highest BCUT2D eigenvalue weighted by molar-refractivity contribution is 7.92. The van der Waals surface area contributed by atoms with Gasteiger partial charge in [-0.2, -0.15) is 0 Å². The molecule has 0 aromatic heterocycles. The number of hydrogen-bond donors (Lipinski definition) is 1. The summed E-state index contributed by atoms with van der Waals surface area (Å²) in [6.07, 6.45) is 0. The van der Waals surface area contributed by atoms with E-state index in [1.807, 2.05) is 6.92 Å². The van der Waals surface area contributed by atoms with Crippen LogP contribution in [-0.2, 0) is 9.84 Å². The molecule has 0 saturated carbocycles. The van der Waals surface area contributed by atoms with Crippen LogP contribution >= 0.6 is 0 Å². The van der Waals surface area contributed by atoms with Crippen LogP contribution in [0.5, 0.6) is 0 Å². The van der Waals surface area contributed by atoms with Crippen molar-refractivity contribution in [3.05, 3.63) is 41.2 Å². The van der Waals surface area contributed by atoms with E-state index in [1.165, 1.54) is 12.1 Å². The summed E-state index contributed by atoms with van der Waals surface area (Å²) in [6, 6.07) is 6.25. The normalized spacial score (nSPS) is 13.2. The minimum Gasteiger partial charge on any atom is -0.279 e. The molecule has 74 valence electrons. The Morgan fingerprint density at radius 3 is 2.29 bits per heavy atom. The van der Waals surface area contributed by atoms with Gasteiger partial charge in [0.1, 0.15) is 0 Å². The lowest BCUT2D eigenvalue weighted by molar-refractivity contribution is 0.589. The van der Waals surface area contributed by atoms with Gasteiger partial charge in [0, 0.05) is 0 Å². The molecule has 0 aliphatic rings. The van der Waals surface area contributed by atoms with Gasteiger partial charge >= 0.3 is 5.50 Å². The van der Waals surface area contributed by atoms with Crippen LogP contribution < -0.4 is 5.73 Å². The van der Waals surface area contributed by atoms with Crippen molar-refractivity contribution in [1.29, 1.82) is 0 Å². The largest absolute Gasteiger partial charge is 0.378 e. The Labute approximate surface area is 83.1 Å². The topological polar surface area (TPSA) is 64.5 Å². The summed E-state index contributed by atoms with van der Waals surface area (Å²) in [4.78, 5) is 2.89. The molecule has 0 heterocycles. The van der Waals surface area contributed by atoms with E-state index in [9.17, 15) is 8.42 Å². The lowest BCUT2D eigenvalue weighted by Crippen LogP contribution is -2.26. The molecule has 0 amide bonds. The third kappa shape index (κ3) is 1.92. The van der Waals surface area contributed by atoms with Crippen molar-refractivity contribution in [2.75, 3.05) is 0 Å². The van der Waals surface area contributed by atoms with Gasteiger partial charge in [0.15, 0.2) is 0 Å². The molecule has 14 heavy (non-hydrogen) atoms. The van der Waals surface area contributed by atoms with Gasteiger partial charge in [-0.1, -0.05) is 17.7 Å². The number of nitrogens with zero attached hydrogens (tertiary/aromatic N) is 1. The first kappa shape index (κ1) is 10.7. The highest BCUT2D eigenvalue weighted by Gasteiger charge is 2.27. The summed E-state index contributed by atoms with van der Waals surface area (Å²) in [5.74, 6) is 0. The predicted molar refractivity (Wildman–Crippen MR) is 52.9 cm³/mol. The molecule has 1 atom stereocenters. The molecular formula is C9H10N2O2S. The van der Waals surface area contributed by atoms with E-state index in [2.05, 4.69) is 4.85 Å². The van der Waals surface area contributed by atoms with Crippen LogP contribution in [-0.4, -0.2) is 13.9 Å². The van der Waals surface area contributed by atoms with Crippen molar-refractivity contribution in [1.82, 2.24) is 0 Å². The van der Waals surface area contributed by atoms with Crippen LogP contribution in [0.25, 0.3) is 4.85 Å². The molecule has 1 aromatic rings. The summed E-state index contributed by atoms with van der Waals surface area (Å²) < 4.78 is 23.1. The van der Waals surface area contributed by atoms with E-state index in [0.717, 1.165) is 5.56 Å². The molecule has 1 rings (SSSR count). The number of hydrogen-bond acceptors (Lipinski definition) is 3. The summed E-state index contributed by atoms with van der Waals surface area (Å²) >= 11 is 0. The van der Waals surface area contributed by atoms with Gasteiger partial charge in [0.25, 0.3) is 9.84 Å². The predicted octanol–water partition coefficient (Wildman–Crippen LogP) is 0.930. The summed E-state index contributed by atoms with van der Waals surface area (Å²) in [5.41, 5.74) is 4.63. The Hall–Kier alpha value is -1.38. The van der Waals surface area contributed by atoms with Gasteiger partial charge in [-0.25, -0.2) is 20.7 Å². The molecule has 4 nitrogen and oxygen atoms in total. The first-order chi connectivity index (χ1) is 6.48. The number of sulfone groups is 1. The van der Waals surface area contributed by atoms with Gasteiger partial charge in [0.2, 0.25) is 0 Å². The van der Waals surface area contributed by atoms with Gasteiger partial charge in [-0.3, -0.25) is 4.85 Å². The van der Waals surface area contributed by atoms with Gasteiger partial charge in [-0.15, -0.1) is 0 Å². The number of benzene rings is 1. The minimum absolute atomic E-state index is 0.0894. The summed E-state index contributed by atoms with van der Waals surface area (Å²) in [5, 5.41) is 0. The van der Waals surface area contributed by atoms with Crippen LogP contribution in [0.4, 0.5) is 0 Å². The molecule has 1 aromatic carbocycles. The van der Waals surface area contributed by atoms with E-state index >= 15 is 0 Å². The van der Waals surface area contributed by atoms with Crippen molar-refractivity contribution < 1.29 is 8.42 Å². The zero-order valence-corrected chi connectivity index (χ0v) is 8.45. The molecule has 1 unspecified atom stereocenters. The van der Waals surface area contributed by atoms with E-state index < -0.39 is 15.3 Å². The van der Waals surface area contributed by atoms with Crippen LogP contribution in [0.15, 0.2) is 29.2 Å². The highest BCUT2D eigenvalue weighted by atomic mass is 32.2. The second-order valence-electron chi connectivity index (χ2n) is 2.88. The second kappa shape index (κ2) is 3.78. The molecule has 0 fully saturated rings. The molecule has 0 saturated heterocycles. The van der Waals surface area contributed by atoms with Gasteiger partial charge in [-0.05, 0) is 19.1 Å². The van der Waals surface area contributed by atoms with Crippen molar-refractivity contribution in [2.24, 2.45) is 5.73 Å². The van der Waals surface area contributed by atoms with E-state index in [-0.39, 0.29) is 4.90 Å². The molecule has 0 bridgehead atoms. The van der Waals surface area contributed by atoms with Crippen LogP contribution in [0.2, 0.25) is 0 Å². The van der Waals surface area contributed by atoms with Crippen molar-refractivity contribution in [3.63, 3.8) is 0 Å². The van der Waals surface area contributed by atoms with Gasteiger partial charge in [0.05, 0.1) is 4.90 Å². The van der Waals surface area contributed by atoms with E-state index in [4.69, 9.17) is 12.3 Å². The number of aryl methyl sites for hydroxylation is 1. The first-order valence-corrected chi connectivity index (χ1v) is 5.46. The minimum atomic E-state index is -3.68. The molecule has 0 aliphatic carbocycles. The standard InChI is InChI=1S/C9H10N2O2S/c1-7-3-5-8(6-4-7)14(12,13)9(10)11-2/h3-6,9H,10H2,1H3. The number of nitrogens with two attached hydrogens (primary N) is 1. The maximum absolute atomic E-state index is 11.5. The van der Waals surface area contributed by atoms with E-state index in [0.29, 0.717) is 0 Å². The average Bonchev–Trinajstić information content (AvgIpc) is 2.17. The summed E-state index contributed by atoms with van der Waals surface area (Å²) in [6.45, 7) is 8.43. The van der Waals surface area contributed by atoms with Crippen LogP contribution in [0.1, 0.15) is 5.56 Å². The average molecular weight is 210 g/mol. The van der Waals surface area contributed by atoms with Gasteiger partial charge < -0.3 is 0 Å². The Kier molecular flexibility index (Phi) is 2.89. The maximum atomic E-state index is 11.5. The van der Waals surface area contributed by atoms with Crippen molar-refractivity contribution in [2.45, 2.75) is 17.3 Å². The molecule has 0 radical (unpaired) electrons. The lowest BCUT2D eigenvalue weighted by atomic mass is 10.2. The third-order valence-corrected chi connectivity index (χ3v) is 3.47. The lowest BCUT2D eigenvalue weighted by Gasteiger charge is -2.02. The van der Waals surface area contributed by atoms with E-state index in [1.54, 1.807) is 12.1 Å². The quantitative estimate of drug-likeness (QED) is 0.738. The Morgan fingerprint density at radius 2 is 1.86 bits per heavy atom. The fourth-order valence-corrected chi connectivity index (χ4v) is 1.87. The fraction of sp³-hybridized carbons (Fsp3) is 0.222. The monoisotopic (exact) mass is 210 g/mol. The third-order valence-electron chi connectivity index (χ3n) is 1.79. The Morgan fingerprint density at radius 1 is 1.36 bits per heavy atom. The summed E-state index contributed by atoms with van der Waals surface area (Å²) in [7, 11) is -3.68. The highest BCUT2D eigenvalue weighted by Crippen LogP contribution is 2.14. The van der Waals surface area contributed by atoms with Crippen molar-refractivity contribution >= 4 is 9.84 Å². The molecule has 0 spiro atoms. The smallest absolute Gasteiger partial charge is 0.279 e.